The Morgan fingerprint density at radius 1 is 1.13 bits per heavy atom. The molecule has 4 N–H and O–H groups in total. The molecule has 0 atom stereocenters. The van der Waals surface area contributed by atoms with Gasteiger partial charge in [0.15, 0.2) is 0 Å². The molecule has 0 aliphatic rings. The first-order valence-corrected chi connectivity index (χ1v) is 4.37. The fourth-order valence-corrected chi connectivity index (χ4v) is 0.773. The van der Waals surface area contributed by atoms with E-state index in [-0.39, 0.29) is 11.1 Å². The molecule has 0 spiro atoms. The molecule has 0 radical (unpaired) electrons. The molecule has 0 fully saturated rings. The van der Waals surface area contributed by atoms with Gasteiger partial charge in [-0.2, -0.15) is 0 Å². The molecule has 0 aliphatic carbocycles. The van der Waals surface area contributed by atoms with Crippen molar-refractivity contribution in [2.45, 2.75) is 19.9 Å². The molecule has 86 valence electrons. The summed E-state index contributed by atoms with van der Waals surface area (Å²) in [7, 11) is 0. The number of carbonyl (C=O) groups excluding carboxylic acids is 1. The van der Waals surface area contributed by atoms with Gasteiger partial charge >= 0.3 is 5.97 Å². The molecule has 0 saturated carbocycles. The molecule has 0 bridgehead atoms. The Kier molecular flexibility index (Phi) is 5.58. The minimum Gasteiger partial charge on any atom is -0.478 e. The number of aliphatic carboxylic acids is 1. The Labute approximate surface area is 87.2 Å². The van der Waals surface area contributed by atoms with Gasteiger partial charge in [0.1, 0.15) is 0 Å². The van der Waals surface area contributed by atoms with Crippen molar-refractivity contribution in [1.29, 1.82) is 0 Å². The van der Waals surface area contributed by atoms with Crippen LogP contribution in [-0.4, -0.2) is 46.5 Å². The van der Waals surface area contributed by atoms with E-state index in [0.717, 1.165) is 0 Å². The lowest BCUT2D eigenvalue weighted by Crippen LogP contribution is -2.40. The molecule has 6 heteroatoms. The van der Waals surface area contributed by atoms with E-state index in [1.165, 1.54) is 13.8 Å². The first kappa shape index (κ1) is 13.6. The molecule has 0 rings (SSSR count). The minimum atomic E-state index is -1.17. The number of aliphatic hydroxyl groups is 2. The Morgan fingerprint density at radius 2 is 1.60 bits per heavy atom. The Balaban J connectivity index is 4.59. The highest BCUT2D eigenvalue weighted by Gasteiger charge is 2.15. The van der Waals surface area contributed by atoms with Gasteiger partial charge in [-0.1, -0.05) is 0 Å². The summed E-state index contributed by atoms with van der Waals surface area (Å²) in [6.07, 6.45) is 0. The van der Waals surface area contributed by atoms with Crippen molar-refractivity contribution in [1.82, 2.24) is 5.32 Å². The highest BCUT2D eigenvalue weighted by molar-refractivity contribution is 6.01. The van der Waals surface area contributed by atoms with E-state index in [1.54, 1.807) is 0 Å². The van der Waals surface area contributed by atoms with Gasteiger partial charge in [-0.25, -0.2) is 4.79 Å². The van der Waals surface area contributed by atoms with Gasteiger partial charge in [0.2, 0.25) is 5.91 Å². The molecule has 0 aliphatic heterocycles. The van der Waals surface area contributed by atoms with Crippen molar-refractivity contribution >= 4 is 11.9 Å². The summed E-state index contributed by atoms with van der Waals surface area (Å²) in [5.74, 6) is -1.78. The van der Waals surface area contributed by atoms with Crippen LogP contribution in [0.2, 0.25) is 0 Å². The molecule has 0 heterocycles. The molecule has 15 heavy (non-hydrogen) atoms. The number of nitrogens with one attached hydrogen (secondary N) is 1. The van der Waals surface area contributed by atoms with Crippen molar-refractivity contribution in [3.63, 3.8) is 0 Å². The van der Waals surface area contributed by atoms with E-state index >= 15 is 0 Å². The van der Waals surface area contributed by atoms with Crippen LogP contribution < -0.4 is 5.32 Å². The van der Waals surface area contributed by atoms with Crippen LogP contribution in [0.1, 0.15) is 13.8 Å². The van der Waals surface area contributed by atoms with Crippen molar-refractivity contribution in [3.05, 3.63) is 11.1 Å². The number of hydrogen-bond acceptors (Lipinski definition) is 4. The first-order chi connectivity index (χ1) is 6.93. The number of carbonyl (C=O) groups is 2. The maximum atomic E-state index is 11.4. The monoisotopic (exact) mass is 217 g/mol. The smallest absolute Gasteiger partial charge is 0.331 e. The third-order valence-electron chi connectivity index (χ3n) is 2.00. The predicted octanol–water partition coefficient (Wildman–Crippen LogP) is -1.12. The molecular formula is C9H15NO5. The highest BCUT2D eigenvalue weighted by atomic mass is 16.4. The fraction of sp³-hybridized carbons (Fsp3) is 0.556. The second-order valence-electron chi connectivity index (χ2n) is 3.09. The second kappa shape index (κ2) is 6.15. The third-order valence-corrected chi connectivity index (χ3v) is 2.00. The Hall–Kier alpha value is -1.40. The van der Waals surface area contributed by atoms with Crippen molar-refractivity contribution in [2.24, 2.45) is 0 Å². The summed E-state index contributed by atoms with van der Waals surface area (Å²) < 4.78 is 0. The zero-order valence-corrected chi connectivity index (χ0v) is 8.65. The van der Waals surface area contributed by atoms with Gasteiger partial charge in [0, 0.05) is 11.1 Å². The largest absolute Gasteiger partial charge is 0.478 e. The number of carboxylic acids is 1. The summed E-state index contributed by atoms with van der Waals surface area (Å²) in [4.78, 5) is 21.9. The van der Waals surface area contributed by atoms with Gasteiger partial charge in [-0.15, -0.1) is 0 Å². The first-order valence-electron chi connectivity index (χ1n) is 4.37. The van der Waals surface area contributed by atoms with E-state index in [9.17, 15) is 9.59 Å². The van der Waals surface area contributed by atoms with Gasteiger partial charge in [-0.05, 0) is 13.8 Å². The molecule has 1 amide bonds. The van der Waals surface area contributed by atoms with Crippen LogP contribution in [0.5, 0.6) is 0 Å². The van der Waals surface area contributed by atoms with Crippen molar-refractivity contribution < 1.29 is 24.9 Å². The Bertz CT molecular complexity index is 280. The van der Waals surface area contributed by atoms with E-state index < -0.39 is 31.1 Å². The number of rotatable bonds is 5. The van der Waals surface area contributed by atoms with Crippen LogP contribution in [0, 0.1) is 0 Å². The standard InChI is InChI=1S/C9H15NO5/c1-5(6(2)9(14)15)8(13)10-7(3-11)4-12/h7,11-12H,3-4H2,1-2H3,(H,10,13)(H,14,15). The van der Waals surface area contributed by atoms with Crippen LogP contribution in [0.3, 0.4) is 0 Å². The number of hydrogen-bond donors (Lipinski definition) is 4. The Morgan fingerprint density at radius 3 is 1.93 bits per heavy atom. The van der Waals surface area contributed by atoms with Crippen LogP contribution in [-0.2, 0) is 9.59 Å². The lowest BCUT2D eigenvalue weighted by atomic mass is 10.1. The number of carboxylic acid groups (broad SMARTS) is 1. The molecule has 0 aromatic heterocycles. The van der Waals surface area contributed by atoms with Gasteiger partial charge < -0.3 is 20.6 Å². The molecule has 0 saturated heterocycles. The van der Waals surface area contributed by atoms with E-state index in [4.69, 9.17) is 15.3 Å². The summed E-state index contributed by atoms with van der Waals surface area (Å²) in [6, 6.07) is -0.769. The van der Waals surface area contributed by atoms with Crippen LogP contribution in [0.25, 0.3) is 0 Å². The topological polar surface area (TPSA) is 107 Å². The third kappa shape index (κ3) is 4.09. The average Bonchev–Trinajstić information content (AvgIpc) is 2.23. The summed E-state index contributed by atoms with van der Waals surface area (Å²) in [5.41, 5.74) is -0.0171. The molecule has 0 aromatic carbocycles. The minimum absolute atomic E-state index is 0.0504. The van der Waals surface area contributed by atoms with E-state index in [2.05, 4.69) is 5.32 Å². The lowest BCUT2D eigenvalue weighted by molar-refractivity contribution is -0.133. The van der Waals surface area contributed by atoms with Crippen molar-refractivity contribution in [3.8, 4) is 0 Å². The van der Waals surface area contributed by atoms with Crippen LogP contribution in [0.15, 0.2) is 11.1 Å². The van der Waals surface area contributed by atoms with Crippen molar-refractivity contribution in [2.75, 3.05) is 13.2 Å². The normalized spacial score (nSPS) is 12.3. The predicted molar refractivity (Wildman–Crippen MR) is 52.1 cm³/mol. The zero-order valence-electron chi connectivity index (χ0n) is 8.65. The second-order valence-corrected chi connectivity index (χ2v) is 3.09. The van der Waals surface area contributed by atoms with Gasteiger partial charge in [-0.3, -0.25) is 4.79 Å². The molecule has 6 nitrogen and oxygen atoms in total. The fourth-order valence-electron chi connectivity index (χ4n) is 0.773. The summed E-state index contributed by atoms with van der Waals surface area (Å²) in [5, 5.41) is 28.3. The molecule has 0 unspecified atom stereocenters. The summed E-state index contributed by atoms with van der Waals surface area (Å²) >= 11 is 0. The van der Waals surface area contributed by atoms with Gasteiger partial charge in [0.25, 0.3) is 0 Å². The van der Waals surface area contributed by atoms with E-state index in [1.807, 2.05) is 0 Å². The van der Waals surface area contributed by atoms with Crippen LogP contribution >= 0.6 is 0 Å². The SMILES string of the molecule is CC(C(=O)O)=C(C)C(=O)NC(CO)CO. The number of amides is 1. The lowest BCUT2D eigenvalue weighted by Gasteiger charge is -2.13. The maximum absolute atomic E-state index is 11.4. The zero-order chi connectivity index (χ0) is 12.0. The highest BCUT2D eigenvalue weighted by Crippen LogP contribution is 2.03. The molecule has 0 aromatic rings. The number of aliphatic hydroxyl groups excluding tert-OH is 2. The summed E-state index contributed by atoms with van der Waals surface area (Å²) in [6.45, 7) is 1.87. The van der Waals surface area contributed by atoms with Crippen LogP contribution in [0.4, 0.5) is 0 Å². The average molecular weight is 217 g/mol. The van der Waals surface area contributed by atoms with E-state index in [0.29, 0.717) is 0 Å². The quantitative estimate of drug-likeness (QED) is 0.436. The molecular weight excluding hydrogens is 202 g/mol. The maximum Gasteiger partial charge on any atom is 0.331 e. The van der Waals surface area contributed by atoms with Gasteiger partial charge in [0.05, 0.1) is 19.3 Å².